The monoisotopic (exact) mass is 530 g/mol. The summed E-state index contributed by atoms with van der Waals surface area (Å²) in [5.41, 5.74) is -0.810. The first-order chi connectivity index (χ1) is 15.7. The van der Waals surface area contributed by atoms with Crippen LogP contribution < -0.4 is 10.6 Å². The summed E-state index contributed by atoms with van der Waals surface area (Å²) in [6, 6.07) is 6.34. The van der Waals surface area contributed by atoms with E-state index in [1.54, 1.807) is 0 Å². The van der Waals surface area contributed by atoms with Crippen LogP contribution in [0.2, 0.25) is 10.0 Å². The van der Waals surface area contributed by atoms with E-state index in [-0.39, 0.29) is 21.2 Å². The van der Waals surface area contributed by atoms with Crippen LogP contribution in [0.1, 0.15) is 27.4 Å². The Morgan fingerprint density at radius 3 is 2.09 bits per heavy atom. The summed E-state index contributed by atoms with van der Waals surface area (Å²) in [5, 5.41) is 3.47. The van der Waals surface area contributed by atoms with Gasteiger partial charge in [-0.05, 0) is 41.5 Å². The summed E-state index contributed by atoms with van der Waals surface area (Å²) in [4.78, 5) is 23.3. The van der Waals surface area contributed by atoms with Crippen molar-refractivity contribution in [1.82, 2.24) is 10.6 Å². The molecule has 2 rings (SSSR count). The van der Waals surface area contributed by atoms with Crippen LogP contribution in [0, 0.1) is 5.82 Å². The summed E-state index contributed by atoms with van der Waals surface area (Å²) in [6.07, 6.45) is -7.60. The molecule has 13 heteroatoms. The van der Waals surface area contributed by atoms with Gasteiger partial charge in [0.1, 0.15) is 12.4 Å². The molecule has 0 heterocycles. The smallest absolute Gasteiger partial charge is 0.345 e. The number of hydrogen-bond donors (Lipinski definition) is 2. The second kappa shape index (κ2) is 11.1. The van der Waals surface area contributed by atoms with Gasteiger partial charge in [0.05, 0.1) is 18.0 Å². The topological polar surface area (TPSA) is 58.2 Å². The molecule has 4 nitrogen and oxygen atoms in total. The lowest BCUT2D eigenvalue weighted by atomic mass is 9.97. The van der Waals surface area contributed by atoms with Crippen LogP contribution in [-0.2, 0) is 4.79 Å². The third-order valence-corrected chi connectivity index (χ3v) is 4.65. The average molecular weight is 531 g/mol. The summed E-state index contributed by atoms with van der Waals surface area (Å²) >= 11 is 11.5. The van der Waals surface area contributed by atoms with Crippen molar-refractivity contribution in [2.75, 3.05) is 13.1 Å². The molecule has 1 atom stereocenters. The van der Waals surface area contributed by atoms with Crippen LogP contribution in [0.15, 0.2) is 42.5 Å². The van der Waals surface area contributed by atoms with E-state index in [1.165, 1.54) is 11.4 Å². The van der Waals surface area contributed by atoms with Crippen molar-refractivity contribution in [1.29, 1.82) is 0 Å². The van der Waals surface area contributed by atoms with Gasteiger partial charge >= 0.3 is 12.4 Å². The Morgan fingerprint density at radius 2 is 1.56 bits per heavy atom. The molecule has 0 aliphatic rings. The molecule has 34 heavy (non-hydrogen) atoms. The Morgan fingerprint density at radius 1 is 0.941 bits per heavy atom. The summed E-state index contributed by atoms with van der Waals surface area (Å²) in [7, 11) is 0. The number of alkyl halides is 6. The molecular formula is C21H15Cl2F7N2O2. The summed E-state index contributed by atoms with van der Waals surface area (Å²) in [5.74, 6) is -5.48. The SMILES string of the molecule is O=C(CNC(=O)c1ccc(/C=C/C(c2cc(Cl)cc(Cl)c2)C(F)(F)F)cc1F)NCC(F)(F)F. The average Bonchev–Trinajstić information content (AvgIpc) is 2.68. The van der Waals surface area contributed by atoms with Gasteiger partial charge in [0.15, 0.2) is 0 Å². The Hall–Kier alpha value is -2.79. The van der Waals surface area contributed by atoms with E-state index in [0.29, 0.717) is 0 Å². The van der Waals surface area contributed by atoms with Crippen molar-refractivity contribution in [2.45, 2.75) is 18.3 Å². The first-order valence-electron chi connectivity index (χ1n) is 9.28. The van der Waals surface area contributed by atoms with Gasteiger partial charge in [0, 0.05) is 10.0 Å². The van der Waals surface area contributed by atoms with Crippen molar-refractivity contribution < 1.29 is 40.3 Å². The van der Waals surface area contributed by atoms with E-state index < -0.39 is 54.6 Å². The van der Waals surface area contributed by atoms with Crippen molar-refractivity contribution in [3.8, 4) is 0 Å². The van der Waals surface area contributed by atoms with E-state index in [9.17, 15) is 40.3 Å². The highest BCUT2D eigenvalue weighted by molar-refractivity contribution is 6.34. The zero-order chi connectivity index (χ0) is 25.7. The Kier molecular flexibility index (Phi) is 8.96. The maximum absolute atomic E-state index is 14.3. The lowest BCUT2D eigenvalue weighted by Crippen LogP contribution is -2.41. The Balaban J connectivity index is 2.12. The minimum Gasteiger partial charge on any atom is -0.345 e. The fraction of sp³-hybridized carbons (Fsp3) is 0.238. The molecule has 0 radical (unpaired) electrons. The van der Waals surface area contributed by atoms with Gasteiger partial charge in [-0.1, -0.05) is 41.4 Å². The lowest BCUT2D eigenvalue weighted by molar-refractivity contribution is -0.139. The Bertz CT molecular complexity index is 1070. The fourth-order valence-corrected chi connectivity index (χ4v) is 3.25. The van der Waals surface area contributed by atoms with Crippen LogP contribution >= 0.6 is 23.2 Å². The molecule has 2 aromatic carbocycles. The highest BCUT2D eigenvalue weighted by Gasteiger charge is 2.39. The van der Waals surface area contributed by atoms with Gasteiger partial charge < -0.3 is 10.6 Å². The molecule has 0 aromatic heterocycles. The number of benzene rings is 2. The Labute approximate surface area is 198 Å². The molecule has 0 bridgehead atoms. The van der Waals surface area contributed by atoms with Crippen molar-refractivity contribution in [2.24, 2.45) is 0 Å². The van der Waals surface area contributed by atoms with Crippen molar-refractivity contribution in [3.63, 3.8) is 0 Å². The number of allylic oxidation sites excluding steroid dienone is 1. The molecule has 0 aliphatic carbocycles. The molecule has 0 fully saturated rings. The second-order valence-electron chi connectivity index (χ2n) is 6.90. The molecule has 0 saturated heterocycles. The molecule has 184 valence electrons. The minimum atomic E-state index is -4.71. The maximum atomic E-state index is 14.3. The number of amides is 2. The third kappa shape index (κ3) is 8.53. The van der Waals surface area contributed by atoms with Crippen LogP contribution in [0.4, 0.5) is 30.7 Å². The summed E-state index contributed by atoms with van der Waals surface area (Å²) in [6.45, 7) is -2.44. The van der Waals surface area contributed by atoms with Crippen LogP contribution in [-0.4, -0.2) is 37.3 Å². The zero-order valence-corrected chi connectivity index (χ0v) is 18.3. The van der Waals surface area contributed by atoms with Gasteiger partial charge in [-0.3, -0.25) is 9.59 Å². The van der Waals surface area contributed by atoms with Gasteiger partial charge in [0.2, 0.25) is 5.91 Å². The van der Waals surface area contributed by atoms with Crippen LogP contribution in [0.5, 0.6) is 0 Å². The predicted octanol–water partition coefficient (Wildman–Crippen LogP) is 5.90. The molecular weight excluding hydrogens is 516 g/mol. The van der Waals surface area contributed by atoms with Crippen molar-refractivity contribution >= 4 is 41.1 Å². The minimum absolute atomic E-state index is 0.00125. The van der Waals surface area contributed by atoms with E-state index in [1.807, 2.05) is 5.32 Å². The quantitative estimate of drug-likeness (QED) is 0.438. The number of hydrogen-bond acceptors (Lipinski definition) is 2. The second-order valence-corrected chi connectivity index (χ2v) is 7.77. The van der Waals surface area contributed by atoms with Crippen LogP contribution in [0.25, 0.3) is 6.08 Å². The predicted molar refractivity (Wildman–Crippen MR) is 112 cm³/mol. The van der Waals surface area contributed by atoms with E-state index in [0.717, 1.165) is 42.5 Å². The molecule has 2 aromatic rings. The maximum Gasteiger partial charge on any atom is 0.405 e. The normalized spacial score (nSPS) is 13.1. The van der Waals surface area contributed by atoms with E-state index >= 15 is 0 Å². The van der Waals surface area contributed by atoms with Gasteiger partial charge in [-0.25, -0.2) is 4.39 Å². The number of carbonyl (C=O) groups excluding carboxylic acids is 2. The van der Waals surface area contributed by atoms with Gasteiger partial charge in [-0.2, -0.15) is 26.3 Å². The lowest BCUT2D eigenvalue weighted by Gasteiger charge is -2.18. The molecule has 0 aliphatic heterocycles. The summed E-state index contributed by atoms with van der Waals surface area (Å²) < 4.78 is 91.1. The molecule has 2 amide bonds. The van der Waals surface area contributed by atoms with Gasteiger partial charge in [-0.15, -0.1) is 0 Å². The molecule has 0 saturated carbocycles. The fourth-order valence-electron chi connectivity index (χ4n) is 2.71. The molecule has 2 N–H and O–H groups in total. The third-order valence-electron chi connectivity index (χ3n) is 4.21. The number of nitrogens with one attached hydrogen (secondary N) is 2. The molecule has 1 unspecified atom stereocenters. The number of halogens is 9. The number of rotatable bonds is 7. The van der Waals surface area contributed by atoms with E-state index in [4.69, 9.17) is 23.2 Å². The van der Waals surface area contributed by atoms with Gasteiger partial charge in [0.25, 0.3) is 5.91 Å². The van der Waals surface area contributed by atoms with E-state index in [2.05, 4.69) is 0 Å². The molecule has 0 spiro atoms. The van der Waals surface area contributed by atoms with Crippen molar-refractivity contribution in [3.05, 3.63) is 75.0 Å². The largest absolute Gasteiger partial charge is 0.405 e. The standard InChI is InChI=1S/C21H15Cl2F7N2O2/c22-13-6-12(7-14(23)8-13)16(21(28,29)30)4-2-11-1-3-15(17(24)5-11)19(34)31-9-18(33)32-10-20(25,26)27/h1-8,16H,9-10H2,(H,31,34)(H,32,33)/b4-2+. The van der Waals surface area contributed by atoms with Crippen LogP contribution in [0.3, 0.4) is 0 Å². The zero-order valence-electron chi connectivity index (χ0n) is 16.8. The highest BCUT2D eigenvalue weighted by atomic mass is 35.5. The first kappa shape index (κ1) is 27.5. The highest BCUT2D eigenvalue weighted by Crippen LogP contribution is 2.38. The number of carbonyl (C=O) groups is 2. The first-order valence-corrected chi connectivity index (χ1v) is 10.0.